The first kappa shape index (κ1) is 14.8. The van der Waals surface area contributed by atoms with Crippen LogP contribution in [0, 0.1) is 0 Å². The van der Waals surface area contributed by atoms with Crippen molar-refractivity contribution in [3.05, 3.63) is 23.8 Å². The van der Waals surface area contributed by atoms with Crippen molar-refractivity contribution in [1.82, 2.24) is 5.32 Å². The highest BCUT2D eigenvalue weighted by Crippen LogP contribution is 2.21. The van der Waals surface area contributed by atoms with Crippen molar-refractivity contribution < 1.29 is 19.4 Å². The second-order valence-corrected chi connectivity index (χ2v) is 4.48. The van der Waals surface area contributed by atoms with E-state index in [9.17, 15) is 9.59 Å². The van der Waals surface area contributed by atoms with Crippen LogP contribution in [0.1, 0.15) is 31.1 Å². The number of carbonyl (C=O) groups excluding carboxylic acids is 1. The van der Waals surface area contributed by atoms with Crippen molar-refractivity contribution >= 4 is 17.6 Å². The first-order chi connectivity index (χ1) is 8.81. The third-order valence-electron chi connectivity index (χ3n) is 2.37. The maximum atomic E-state index is 11.7. The zero-order valence-corrected chi connectivity index (χ0v) is 11.1. The molecule has 0 saturated heterocycles. The van der Waals surface area contributed by atoms with E-state index < -0.39 is 12.1 Å². The molecule has 0 aliphatic rings. The van der Waals surface area contributed by atoms with Crippen LogP contribution in [0.3, 0.4) is 0 Å². The summed E-state index contributed by atoms with van der Waals surface area (Å²) in [7, 11) is 0. The molecule has 1 unspecified atom stereocenters. The quantitative estimate of drug-likeness (QED) is 0.696. The fourth-order valence-corrected chi connectivity index (χ4v) is 1.47. The van der Waals surface area contributed by atoms with Gasteiger partial charge in [0.25, 0.3) is 5.91 Å². The summed E-state index contributed by atoms with van der Waals surface area (Å²) in [6.07, 6.45) is -0.683. The molecule has 0 radical (unpaired) electrons. The summed E-state index contributed by atoms with van der Waals surface area (Å²) in [5, 5.41) is 11.6. The number of anilines is 1. The van der Waals surface area contributed by atoms with E-state index in [0.29, 0.717) is 5.75 Å². The Morgan fingerprint density at radius 3 is 2.42 bits per heavy atom. The van der Waals surface area contributed by atoms with Crippen molar-refractivity contribution in [3.63, 3.8) is 0 Å². The molecule has 1 rings (SSSR count). The van der Waals surface area contributed by atoms with Crippen molar-refractivity contribution in [2.75, 3.05) is 5.73 Å². The van der Waals surface area contributed by atoms with Crippen molar-refractivity contribution in [2.24, 2.45) is 0 Å². The first-order valence-electron chi connectivity index (χ1n) is 5.91. The molecule has 0 heterocycles. The largest absolute Gasteiger partial charge is 0.481 e. The number of nitrogen functional groups attached to an aromatic ring is 1. The Morgan fingerprint density at radius 1 is 1.32 bits per heavy atom. The SMILES string of the molecule is CC(C)NC(=O)C(C)Oc1ccc(C(=O)O)c(N)c1. The zero-order valence-electron chi connectivity index (χ0n) is 11.1. The third-order valence-corrected chi connectivity index (χ3v) is 2.37. The number of rotatable bonds is 5. The molecular weight excluding hydrogens is 248 g/mol. The van der Waals surface area contributed by atoms with Crippen molar-refractivity contribution in [1.29, 1.82) is 0 Å². The number of ether oxygens (including phenoxy) is 1. The second-order valence-electron chi connectivity index (χ2n) is 4.48. The van der Waals surface area contributed by atoms with E-state index in [1.54, 1.807) is 6.92 Å². The van der Waals surface area contributed by atoms with Crippen LogP contribution in [-0.2, 0) is 4.79 Å². The molecule has 0 aliphatic carbocycles. The molecule has 0 spiro atoms. The summed E-state index contributed by atoms with van der Waals surface area (Å²) in [6.45, 7) is 5.31. The average Bonchev–Trinajstić information content (AvgIpc) is 2.27. The van der Waals surface area contributed by atoms with Gasteiger partial charge in [-0.05, 0) is 32.9 Å². The summed E-state index contributed by atoms with van der Waals surface area (Å²) < 4.78 is 5.41. The Morgan fingerprint density at radius 2 is 1.95 bits per heavy atom. The molecule has 6 heteroatoms. The van der Waals surface area contributed by atoms with Gasteiger partial charge in [0.1, 0.15) is 5.75 Å². The molecule has 4 N–H and O–H groups in total. The number of benzene rings is 1. The van der Waals surface area contributed by atoms with Crippen LogP contribution in [0.15, 0.2) is 18.2 Å². The predicted molar refractivity (Wildman–Crippen MR) is 71.2 cm³/mol. The van der Waals surface area contributed by atoms with Gasteiger partial charge in [0.15, 0.2) is 6.10 Å². The van der Waals surface area contributed by atoms with Gasteiger partial charge in [0, 0.05) is 17.8 Å². The van der Waals surface area contributed by atoms with Crippen LogP contribution < -0.4 is 15.8 Å². The van der Waals surface area contributed by atoms with Gasteiger partial charge in [-0.25, -0.2) is 4.79 Å². The average molecular weight is 266 g/mol. The Balaban J connectivity index is 2.75. The molecule has 1 aromatic rings. The van der Waals surface area contributed by atoms with E-state index in [2.05, 4.69) is 5.32 Å². The van der Waals surface area contributed by atoms with E-state index in [1.165, 1.54) is 18.2 Å². The van der Waals surface area contributed by atoms with Crippen LogP contribution in [0.4, 0.5) is 5.69 Å². The minimum absolute atomic E-state index is 0.00614. The predicted octanol–water partition coefficient (Wildman–Crippen LogP) is 1.26. The Kier molecular flexibility index (Phi) is 4.74. The summed E-state index contributed by atoms with van der Waals surface area (Å²) in [4.78, 5) is 22.5. The van der Waals surface area contributed by atoms with E-state index in [4.69, 9.17) is 15.6 Å². The van der Waals surface area contributed by atoms with Gasteiger partial charge in [-0.1, -0.05) is 0 Å². The molecular formula is C13H18N2O4. The number of hydrogen-bond acceptors (Lipinski definition) is 4. The zero-order chi connectivity index (χ0) is 14.6. The summed E-state index contributed by atoms with van der Waals surface area (Å²) in [6, 6.07) is 4.24. The van der Waals surface area contributed by atoms with E-state index in [-0.39, 0.29) is 23.2 Å². The Bertz CT molecular complexity index is 486. The lowest BCUT2D eigenvalue weighted by Crippen LogP contribution is -2.40. The monoisotopic (exact) mass is 266 g/mol. The maximum absolute atomic E-state index is 11.7. The lowest BCUT2D eigenvalue weighted by molar-refractivity contribution is -0.127. The molecule has 19 heavy (non-hydrogen) atoms. The lowest BCUT2D eigenvalue weighted by Gasteiger charge is -2.17. The van der Waals surface area contributed by atoms with Crippen LogP contribution >= 0.6 is 0 Å². The molecule has 1 atom stereocenters. The highest BCUT2D eigenvalue weighted by molar-refractivity contribution is 5.93. The normalized spacial score (nSPS) is 12.0. The Hall–Kier alpha value is -2.24. The fourth-order valence-electron chi connectivity index (χ4n) is 1.47. The van der Waals surface area contributed by atoms with Crippen LogP contribution in [0.5, 0.6) is 5.75 Å². The molecule has 1 aromatic carbocycles. The third kappa shape index (κ3) is 4.17. The van der Waals surface area contributed by atoms with Crippen LogP contribution in [0.2, 0.25) is 0 Å². The molecule has 1 amide bonds. The number of carbonyl (C=O) groups is 2. The number of aromatic carboxylic acids is 1. The Labute approximate surface area is 111 Å². The highest BCUT2D eigenvalue weighted by Gasteiger charge is 2.16. The van der Waals surface area contributed by atoms with Gasteiger partial charge in [-0.3, -0.25) is 4.79 Å². The van der Waals surface area contributed by atoms with E-state index in [1.807, 2.05) is 13.8 Å². The van der Waals surface area contributed by atoms with Gasteiger partial charge in [-0.15, -0.1) is 0 Å². The molecule has 0 saturated carbocycles. The van der Waals surface area contributed by atoms with Gasteiger partial charge in [0.2, 0.25) is 0 Å². The number of amides is 1. The van der Waals surface area contributed by atoms with Gasteiger partial charge >= 0.3 is 5.97 Å². The minimum Gasteiger partial charge on any atom is -0.481 e. The van der Waals surface area contributed by atoms with Gasteiger partial charge in [0.05, 0.1) is 5.56 Å². The van der Waals surface area contributed by atoms with Crippen LogP contribution in [0.25, 0.3) is 0 Å². The molecule has 0 fully saturated rings. The maximum Gasteiger partial charge on any atom is 0.337 e. The van der Waals surface area contributed by atoms with E-state index in [0.717, 1.165) is 0 Å². The molecule has 0 aromatic heterocycles. The van der Waals surface area contributed by atoms with Gasteiger partial charge in [-0.2, -0.15) is 0 Å². The molecule has 104 valence electrons. The van der Waals surface area contributed by atoms with Crippen molar-refractivity contribution in [2.45, 2.75) is 32.9 Å². The smallest absolute Gasteiger partial charge is 0.337 e. The summed E-state index contributed by atoms with van der Waals surface area (Å²) >= 11 is 0. The lowest BCUT2D eigenvalue weighted by atomic mass is 10.2. The first-order valence-corrected chi connectivity index (χ1v) is 5.91. The summed E-state index contributed by atoms with van der Waals surface area (Å²) in [5.74, 6) is -0.987. The number of carboxylic acids is 1. The van der Waals surface area contributed by atoms with Crippen molar-refractivity contribution in [3.8, 4) is 5.75 Å². The molecule has 0 bridgehead atoms. The molecule has 0 aliphatic heterocycles. The highest BCUT2D eigenvalue weighted by atomic mass is 16.5. The summed E-state index contributed by atoms with van der Waals surface area (Å²) in [5.41, 5.74) is 5.70. The molecule has 6 nitrogen and oxygen atoms in total. The topological polar surface area (TPSA) is 102 Å². The number of nitrogens with two attached hydrogens (primary N) is 1. The number of nitrogens with one attached hydrogen (secondary N) is 1. The minimum atomic E-state index is -1.10. The number of carboxylic acid groups (broad SMARTS) is 1. The number of hydrogen-bond donors (Lipinski definition) is 3. The standard InChI is InChI=1S/C13H18N2O4/c1-7(2)15-12(16)8(3)19-9-4-5-10(13(17)18)11(14)6-9/h4-8H,14H2,1-3H3,(H,15,16)(H,17,18). The van der Waals surface area contributed by atoms with E-state index >= 15 is 0 Å². The van der Waals surface area contributed by atoms with Gasteiger partial charge < -0.3 is 20.9 Å². The second kappa shape index (κ2) is 6.08. The van der Waals surface area contributed by atoms with Crippen LogP contribution in [-0.4, -0.2) is 29.1 Å². The fraction of sp³-hybridized carbons (Fsp3) is 0.385.